The van der Waals surface area contributed by atoms with Crippen molar-refractivity contribution < 1.29 is 29.0 Å². The fraction of sp³-hybridized carbons (Fsp3) is 0.333. The third-order valence-electron chi connectivity index (χ3n) is 3.82. The van der Waals surface area contributed by atoms with Crippen molar-refractivity contribution in [3.8, 4) is 11.5 Å². The van der Waals surface area contributed by atoms with Crippen molar-refractivity contribution in [2.75, 3.05) is 26.4 Å². The maximum atomic E-state index is 11.2. The number of ether oxygens (including phenoxy) is 4. The number of aliphatic hydroxyl groups excluding tert-OH is 1. The highest BCUT2D eigenvalue weighted by Crippen LogP contribution is 2.33. The molecule has 8 heteroatoms. The van der Waals surface area contributed by atoms with Crippen molar-refractivity contribution in [3.63, 3.8) is 0 Å². The monoisotopic (exact) mass is 361 g/mol. The van der Waals surface area contributed by atoms with E-state index in [9.17, 15) is 15.2 Å². The van der Waals surface area contributed by atoms with E-state index in [1.54, 1.807) is 36.4 Å². The lowest BCUT2D eigenvalue weighted by atomic mass is 10.2. The molecule has 0 aromatic heterocycles. The molecule has 1 fully saturated rings. The van der Waals surface area contributed by atoms with E-state index in [-0.39, 0.29) is 31.3 Å². The van der Waals surface area contributed by atoms with Crippen molar-refractivity contribution in [1.29, 1.82) is 0 Å². The number of nitrogens with zero attached hydrogens (tertiary/aromatic N) is 1. The molecule has 0 spiro atoms. The number of para-hydroxylation sites is 1. The van der Waals surface area contributed by atoms with Crippen LogP contribution >= 0.6 is 0 Å². The molecule has 0 radical (unpaired) electrons. The second kappa shape index (κ2) is 8.61. The Bertz CT molecular complexity index is 759. The first-order chi connectivity index (χ1) is 12.7. The summed E-state index contributed by atoms with van der Waals surface area (Å²) in [6, 6.07) is 11.6. The Hall–Kier alpha value is -2.68. The smallest absolute Gasteiger partial charge is 0.310 e. The molecule has 3 rings (SSSR count). The van der Waals surface area contributed by atoms with Gasteiger partial charge in [-0.15, -0.1) is 0 Å². The molecule has 0 aliphatic carbocycles. The van der Waals surface area contributed by atoms with Crippen LogP contribution in [-0.2, 0) is 16.1 Å². The fourth-order valence-electron chi connectivity index (χ4n) is 2.57. The van der Waals surface area contributed by atoms with Gasteiger partial charge in [0.05, 0.1) is 24.7 Å². The van der Waals surface area contributed by atoms with Gasteiger partial charge in [0, 0.05) is 17.2 Å². The quantitative estimate of drug-likeness (QED) is 0.438. The van der Waals surface area contributed by atoms with E-state index in [4.69, 9.17) is 18.9 Å². The minimum Gasteiger partial charge on any atom is -0.490 e. The third-order valence-corrected chi connectivity index (χ3v) is 3.82. The summed E-state index contributed by atoms with van der Waals surface area (Å²) in [5.74, 6) is 0.681. The van der Waals surface area contributed by atoms with Crippen LogP contribution in [0, 0.1) is 10.1 Å². The number of benzene rings is 2. The summed E-state index contributed by atoms with van der Waals surface area (Å²) in [5, 5.41) is 20.5. The zero-order chi connectivity index (χ0) is 18.4. The second-order valence-electron chi connectivity index (χ2n) is 5.52. The zero-order valence-corrected chi connectivity index (χ0v) is 14.0. The lowest BCUT2D eigenvalue weighted by molar-refractivity contribution is -0.385. The topological polar surface area (TPSA) is 100 Å². The summed E-state index contributed by atoms with van der Waals surface area (Å²) in [6.45, 7) is 1.11. The van der Waals surface area contributed by atoms with Gasteiger partial charge >= 0.3 is 5.69 Å². The van der Waals surface area contributed by atoms with Gasteiger partial charge in [0.1, 0.15) is 19.0 Å². The minimum atomic E-state index is -0.536. The molecule has 1 aliphatic heterocycles. The molecule has 0 atom stereocenters. The molecule has 2 aromatic rings. The highest BCUT2D eigenvalue weighted by molar-refractivity contribution is 5.48. The van der Waals surface area contributed by atoms with E-state index in [1.165, 1.54) is 6.07 Å². The maximum absolute atomic E-state index is 11.2. The van der Waals surface area contributed by atoms with Gasteiger partial charge in [0.15, 0.2) is 12.0 Å². The molecule has 1 N–H and O–H groups in total. The molecule has 1 heterocycles. The van der Waals surface area contributed by atoms with E-state index in [1.807, 2.05) is 0 Å². The van der Waals surface area contributed by atoms with Crippen LogP contribution in [0.3, 0.4) is 0 Å². The summed E-state index contributed by atoms with van der Waals surface area (Å²) in [6.07, 6.45) is -0.536. The van der Waals surface area contributed by atoms with Crippen LogP contribution in [0.4, 0.5) is 5.69 Å². The predicted octanol–water partition coefficient (Wildman–Crippen LogP) is 2.59. The first-order valence-electron chi connectivity index (χ1n) is 8.15. The Morgan fingerprint density at radius 3 is 2.46 bits per heavy atom. The van der Waals surface area contributed by atoms with Crippen LogP contribution in [-0.4, -0.2) is 36.5 Å². The van der Waals surface area contributed by atoms with Gasteiger partial charge in [-0.2, -0.15) is 0 Å². The number of nitro groups is 1. The van der Waals surface area contributed by atoms with Crippen LogP contribution in [0.25, 0.3) is 0 Å². The Kier molecular flexibility index (Phi) is 6.00. The second-order valence-corrected chi connectivity index (χ2v) is 5.52. The van der Waals surface area contributed by atoms with Gasteiger partial charge in [-0.3, -0.25) is 10.1 Å². The molecule has 0 amide bonds. The first-order valence-corrected chi connectivity index (χ1v) is 8.15. The SMILES string of the molecule is O=[N+]([O-])c1ccc(C2OCCO2)cc1OCCOc1ccccc1CO. The Balaban J connectivity index is 1.64. The maximum Gasteiger partial charge on any atom is 0.310 e. The normalized spacial score (nSPS) is 14.3. The molecule has 26 heavy (non-hydrogen) atoms. The molecule has 8 nitrogen and oxygen atoms in total. The van der Waals surface area contributed by atoms with E-state index >= 15 is 0 Å². The average molecular weight is 361 g/mol. The van der Waals surface area contributed by atoms with E-state index in [0.29, 0.717) is 30.1 Å². The highest BCUT2D eigenvalue weighted by Gasteiger charge is 2.23. The van der Waals surface area contributed by atoms with Crippen LogP contribution in [0.2, 0.25) is 0 Å². The van der Waals surface area contributed by atoms with Crippen molar-refractivity contribution >= 4 is 5.69 Å². The summed E-state index contributed by atoms with van der Waals surface area (Å²) >= 11 is 0. The molecule has 2 aromatic carbocycles. The summed E-state index contributed by atoms with van der Waals surface area (Å²) in [4.78, 5) is 10.7. The molecule has 1 saturated heterocycles. The molecule has 138 valence electrons. The van der Waals surface area contributed by atoms with Crippen LogP contribution in [0.5, 0.6) is 11.5 Å². The standard InChI is InChI=1S/C18H19NO7/c20-12-14-3-1-2-4-16(14)23-7-8-24-17-11-13(18-25-9-10-26-18)5-6-15(17)19(21)22/h1-6,11,18,20H,7-10,12H2. The number of hydrogen-bond acceptors (Lipinski definition) is 7. The van der Waals surface area contributed by atoms with Crippen molar-refractivity contribution in [2.24, 2.45) is 0 Å². The van der Waals surface area contributed by atoms with Crippen LogP contribution < -0.4 is 9.47 Å². The fourth-order valence-corrected chi connectivity index (χ4v) is 2.57. The van der Waals surface area contributed by atoms with Gasteiger partial charge < -0.3 is 24.1 Å². The van der Waals surface area contributed by atoms with Gasteiger partial charge in [-0.1, -0.05) is 18.2 Å². The number of aliphatic hydroxyl groups is 1. The van der Waals surface area contributed by atoms with Crippen LogP contribution in [0.1, 0.15) is 17.4 Å². The lowest BCUT2D eigenvalue weighted by Gasteiger charge is -2.13. The Morgan fingerprint density at radius 1 is 1.08 bits per heavy atom. The summed E-state index contributed by atoms with van der Waals surface area (Å²) in [7, 11) is 0. The Labute approximate surface area is 150 Å². The van der Waals surface area contributed by atoms with Gasteiger partial charge in [-0.25, -0.2) is 0 Å². The van der Waals surface area contributed by atoms with E-state index < -0.39 is 11.2 Å². The highest BCUT2D eigenvalue weighted by atomic mass is 16.7. The molecule has 0 saturated carbocycles. The van der Waals surface area contributed by atoms with Crippen LogP contribution in [0.15, 0.2) is 42.5 Å². The van der Waals surface area contributed by atoms with Crippen molar-refractivity contribution in [1.82, 2.24) is 0 Å². The van der Waals surface area contributed by atoms with Gasteiger partial charge in [0.2, 0.25) is 0 Å². The predicted molar refractivity (Wildman–Crippen MR) is 91.1 cm³/mol. The average Bonchev–Trinajstić information content (AvgIpc) is 3.20. The summed E-state index contributed by atoms with van der Waals surface area (Å²) < 4.78 is 21.9. The van der Waals surface area contributed by atoms with Gasteiger partial charge in [0.25, 0.3) is 0 Å². The largest absolute Gasteiger partial charge is 0.490 e. The number of rotatable bonds is 8. The number of nitro benzene ring substituents is 1. The summed E-state index contributed by atoms with van der Waals surface area (Å²) in [5.41, 5.74) is 1.19. The lowest BCUT2D eigenvalue weighted by Crippen LogP contribution is -2.11. The minimum absolute atomic E-state index is 0.108. The molecular formula is C18H19NO7. The zero-order valence-electron chi connectivity index (χ0n) is 14.0. The molecule has 1 aliphatic rings. The molecule has 0 bridgehead atoms. The van der Waals surface area contributed by atoms with Crippen molar-refractivity contribution in [3.05, 3.63) is 63.7 Å². The third kappa shape index (κ3) is 4.29. The first kappa shape index (κ1) is 18.1. The number of hydrogen-bond donors (Lipinski definition) is 1. The van der Waals surface area contributed by atoms with E-state index in [0.717, 1.165) is 0 Å². The Morgan fingerprint density at radius 2 is 1.77 bits per heavy atom. The molecule has 0 unspecified atom stereocenters. The van der Waals surface area contributed by atoms with E-state index in [2.05, 4.69) is 0 Å². The van der Waals surface area contributed by atoms with Crippen molar-refractivity contribution in [2.45, 2.75) is 12.9 Å². The van der Waals surface area contributed by atoms with Gasteiger partial charge in [-0.05, 0) is 18.2 Å². The molecular weight excluding hydrogens is 342 g/mol.